The molecule has 1 aromatic carbocycles. The van der Waals surface area contributed by atoms with E-state index in [1.165, 1.54) is 25.1 Å². The molecule has 1 aromatic rings. The Morgan fingerprint density at radius 1 is 1.43 bits per heavy atom. The summed E-state index contributed by atoms with van der Waals surface area (Å²) in [7, 11) is 0. The number of ketones is 1. The first kappa shape index (κ1) is 16.9. The van der Waals surface area contributed by atoms with Crippen molar-refractivity contribution in [1.82, 2.24) is 0 Å². The predicted molar refractivity (Wildman–Crippen MR) is 81.2 cm³/mol. The first-order valence-electron chi connectivity index (χ1n) is 6.58. The van der Waals surface area contributed by atoms with E-state index < -0.39 is 12.9 Å². The van der Waals surface area contributed by atoms with E-state index in [1.807, 2.05) is 0 Å². The van der Waals surface area contributed by atoms with Crippen LogP contribution in [0.15, 0.2) is 41.5 Å². The number of nitrogens with one attached hydrogen (secondary N) is 1. The molecule has 0 saturated heterocycles. The van der Waals surface area contributed by atoms with Gasteiger partial charge in [0.1, 0.15) is 12.4 Å². The number of phenols is 1. The third-order valence-electron chi connectivity index (χ3n) is 3.16. The van der Waals surface area contributed by atoms with Crippen LogP contribution in [0.2, 0.25) is 0 Å². The van der Waals surface area contributed by atoms with Gasteiger partial charge in [0.25, 0.3) is 0 Å². The minimum atomic E-state index is -1.11. The normalized spacial score (nSPS) is 14.0. The molecule has 0 radical (unpaired) electrons. The zero-order chi connectivity index (χ0) is 16.0. The molecule has 0 bridgehead atoms. The number of anilines is 1. The maximum absolute atomic E-state index is 12.5. The molecule has 0 aliphatic carbocycles. The molecule has 0 aliphatic heterocycles. The number of hydrogen-bond donors (Lipinski definition) is 3. The van der Waals surface area contributed by atoms with Crippen LogP contribution in [0.1, 0.15) is 31.1 Å². The lowest BCUT2D eigenvalue weighted by Gasteiger charge is -2.19. The number of phenolic OH excluding ortho intramolecular Hbond substituents is 1. The quantitative estimate of drug-likeness (QED) is 0.428. The van der Waals surface area contributed by atoms with Crippen LogP contribution in [0.5, 0.6) is 5.75 Å². The van der Waals surface area contributed by atoms with Crippen molar-refractivity contribution in [3.05, 3.63) is 47.1 Å². The Hall–Kier alpha value is -2.14. The monoisotopic (exact) mass is 293 g/mol. The minimum Gasteiger partial charge on any atom is -0.507 e. The van der Waals surface area contributed by atoms with E-state index >= 15 is 0 Å². The van der Waals surface area contributed by atoms with Gasteiger partial charge in [0.05, 0.1) is 5.56 Å². The summed E-state index contributed by atoms with van der Waals surface area (Å²) in [6.07, 6.45) is 1.94. The molecule has 1 atom stereocenters. The highest BCUT2D eigenvalue weighted by Crippen LogP contribution is 2.24. The second kappa shape index (κ2) is 7.59. The van der Waals surface area contributed by atoms with Crippen molar-refractivity contribution >= 4 is 11.5 Å². The summed E-state index contributed by atoms with van der Waals surface area (Å²) in [4.78, 5) is 11.2. The second-order valence-electron chi connectivity index (χ2n) is 4.62. The van der Waals surface area contributed by atoms with Crippen LogP contribution in [0, 0.1) is 0 Å². The first-order chi connectivity index (χ1) is 9.90. The van der Waals surface area contributed by atoms with Gasteiger partial charge in [-0.1, -0.05) is 6.08 Å². The largest absolute Gasteiger partial charge is 0.507 e. The maximum Gasteiger partial charge on any atom is 0.163 e. The van der Waals surface area contributed by atoms with E-state index in [-0.39, 0.29) is 17.1 Å². The van der Waals surface area contributed by atoms with E-state index in [0.29, 0.717) is 11.3 Å². The van der Waals surface area contributed by atoms with E-state index in [1.54, 1.807) is 26.0 Å². The Balaban J connectivity index is 2.97. The highest BCUT2D eigenvalue weighted by molar-refractivity contribution is 5.97. The van der Waals surface area contributed by atoms with Crippen molar-refractivity contribution in [3.8, 4) is 5.75 Å². The van der Waals surface area contributed by atoms with E-state index in [2.05, 4.69) is 5.32 Å². The molecule has 0 spiro atoms. The number of hydrogen-bond acceptors (Lipinski definition) is 4. The Morgan fingerprint density at radius 3 is 2.57 bits per heavy atom. The fraction of sp³-hybridized carbons (Fsp3) is 0.312. The molecule has 114 valence electrons. The average Bonchev–Trinajstić information content (AvgIpc) is 2.43. The van der Waals surface area contributed by atoms with Crippen LogP contribution in [0.25, 0.3) is 0 Å². The SMILES string of the molecule is C/C=C(C)\C(=C/CF)C(O)Nc1ccc(C(C)=O)c(O)c1. The Bertz CT molecular complexity index is 579. The van der Waals surface area contributed by atoms with Gasteiger partial charge >= 0.3 is 0 Å². The van der Waals surface area contributed by atoms with Gasteiger partial charge in [-0.15, -0.1) is 0 Å². The molecular formula is C16H20FNO3. The fourth-order valence-electron chi connectivity index (χ4n) is 1.89. The highest BCUT2D eigenvalue weighted by Gasteiger charge is 2.13. The van der Waals surface area contributed by atoms with E-state index in [9.17, 15) is 19.4 Å². The predicted octanol–water partition coefficient (Wildman–Crippen LogP) is 3.19. The first-order valence-corrected chi connectivity index (χ1v) is 6.58. The standard InChI is InChI=1S/C16H20FNO3/c1-4-10(2)13(7-8-17)16(21)18-12-5-6-14(11(3)19)15(20)9-12/h4-7,9,16,18,20-21H,8H2,1-3H3/b10-4-,13-7+. The molecule has 21 heavy (non-hydrogen) atoms. The molecule has 0 aliphatic rings. The molecule has 5 heteroatoms. The summed E-state index contributed by atoms with van der Waals surface area (Å²) in [6, 6.07) is 4.38. The average molecular weight is 293 g/mol. The summed E-state index contributed by atoms with van der Waals surface area (Å²) < 4.78 is 12.5. The van der Waals surface area contributed by atoms with Gasteiger partial charge < -0.3 is 15.5 Å². The Morgan fingerprint density at radius 2 is 2.10 bits per heavy atom. The van der Waals surface area contributed by atoms with Crippen molar-refractivity contribution in [2.24, 2.45) is 0 Å². The number of aliphatic hydroxyl groups excluding tert-OH is 1. The topological polar surface area (TPSA) is 69.6 Å². The molecule has 0 heterocycles. The number of carbonyl (C=O) groups is 1. The summed E-state index contributed by atoms with van der Waals surface area (Å²) >= 11 is 0. The van der Waals surface area contributed by atoms with Gasteiger partial charge in [0, 0.05) is 17.3 Å². The molecule has 0 aromatic heterocycles. The zero-order valence-corrected chi connectivity index (χ0v) is 12.4. The molecule has 1 unspecified atom stereocenters. The lowest BCUT2D eigenvalue weighted by Crippen LogP contribution is -2.22. The van der Waals surface area contributed by atoms with Crippen LogP contribution in [-0.2, 0) is 0 Å². The number of aromatic hydroxyl groups is 1. The van der Waals surface area contributed by atoms with E-state index in [0.717, 1.165) is 5.57 Å². The molecule has 0 saturated carbocycles. The Labute approximate surface area is 123 Å². The zero-order valence-electron chi connectivity index (χ0n) is 12.4. The second-order valence-corrected chi connectivity index (χ2v) is 4.62. The van der Waals surface area contributed by atoms with Crippen LogP contribution in [0.3, 0.4) is 0 Å². The van der Waals surface area contributed by atoms with Gasteiger partial charge in [-0.05, 0) is 44.6 Å². The van der Waals surface area contributed by atoms with Gasteiger partial charge in [0.2, 0.25) is 0 Å². The van der Waals surface area contributed by atoms with Crippen LogP contribution in [-0.4, -0.2) is 28.9 Å². The number of aliphatic hydroxyl groups is 1. The van der Waals surface area contributed by atoms with Crippen LogP contribution >= 0.6 is 0 Å². The number of Topliss-reactive ketones (excluding diaryl/α,β-unsaturated/α-hetero) is 1. The minimum absolute atomic E-state index is 0.168. The number of rotatable bonds is 6. The smallest absolute Gasteiger partial charge is 0.163 e. The molecule has 0 amide bonds. The molecule has 1 rings (SSSR count). The van der Waals surface area contributed by atoms with Gasteiger partial charge in [0.15, 0.2) is 12.0 Å². The number of alkyl halides is 1. The van der Waals surface area contributed by atoms with E-state index in [4.69, 9.17) is 0 Å². The Kier molecular flexibility index (Phi) is 6.11. The molecule has 4 nitrogen and oxygen atoms in total. The third-order valence-corrected chi connectivity index (χ3v) is 3.16. The lowest BCUT2D eigenvalue weighted by molar-refractivity contribution is 0.101. The summed E-state index contributed by atoms with van der Waals surface area (Å²) in [5.74, 6) is -0.416. The van der Waals surface area contributed by atoms with Gasteiger partial charge in [-0.2, -0.15) is 0 Å². The third kappa shape index (κ3) is 4.43. The molecule has 3 N–H and O–H groups in total. The van der Waals surface area contributed by atoms with Crippen molar-refractivity contribution < 1.29 is 19.4 Å². The molecular weight excluding hydrogens is 273 g/mol. The lowest BCUT2D eigenvalue weighted by atomic mass is 10.1. The van der Waals surface area contributed by atoms with Crippen molar-refractivity contribution in [2.75, 3.05) is 12.0 Å². The maximum atomic E-state index is 12.5. The van der Waals surface area contributed by atoms with Crippen molar-refractivity contribution in [1.29, 1.82) is 0 Å². The van der Waals surface area contributed by atoms with Gasteiger partial charge in [-0.25, -0.2) is 4.39 Å². The van der Waals surface area contributed by atoms with Crippen LogP contribution < -0.4 is 5.32 Å². The van der Waals surface area contributed by atoms with Gasteiger partial charge in [-0.3, -0.25) is 4.79 Å². The number of allylic oxidation sites excluding steroid dienone is 2. The number of benzene rings is 1. The van der Waals surface area contributed by atoms with Crippen LogP contribution in [0.4, 0.5) is 10.1 Å². The summed E-state index contributed by atoms with van der Waals surface area (Å²) in [5, 5.41) is 22.6. The van der Waals surface area contributed by atoms with Crippen molar-refractivity contribution in [2.45, 2.75) is 27.0 Å². The number of halogens is 1. The summed E-state index contributed by atoms with van der Waals surface area (Å²) in [5.41, 5.74) is 1.81. The van der Waals surface area contributed by atoms with Crippen molar-refractivity contribution in [3.63, 3.8) is 0 Å². The summed E-state index contributed by atoms with van der Waals surface area (Å²) in [6.45, 7) is 4.23. The molecule has 0 fully saturated rings. The fourth-order valence-corrected chi connectivity index (χ4v) is 1.89. The number of carbonyl (C=O) groups excluding carboxylic acids is 1. The highest BCUT2D eigenvalue weighted by atomic mass is 19.1.